The van der Waals surface area contributed by atoms with E-state index in [4.69, 9.17) is 0 Å². The number of alkyl halides is 3. The fourth-order valence-electron chi connectivity index (χ4n) is 0.959. The van der Waals surface area contributed by atoms with Crippen LogP contribution in [0.4, 0.5) is 13.2 Å². The topological polar surface area (TPSA) is 9.23 Å². The smallest absolute Gasteiger partial charge is 0.405 e. The first-order chi connectivity index (χ1) is 6.92. The lowest BCUT2D eigenvalue weighted by atomic mass is 10.3. The van der Waals surface area contributed by atoms with Crippen LogP contribution in [0, 0.1) is 0 Å². The summed E-state index contributed by atoms with van der Waals surface area (Å²) in [4.78, 5) is 0.476. The number of hydrogen-bond donors (Lipinski definition) is 0. The summed E-state index contributed by atoms with van der Waals surface area (Å²) in [6, 6.07) is 4.42. The van der Waals surface area contributed by atoms with Crippen LogP contribution in [0.3, 0.4) is 0 Å². The van der Waals surface area contributed by atoms with Gasteiger partial charge in [-0.15, -0.1) is 24.9 Å². The molecule has 0 bridgehead atoms. The molecule has 1 aromatic carbocycles. The van der Waals surface area contributed by atoms with E-state index < -0.39 is 6.36 Å². The van der Waals surface area contributed by atoms with E-state index in [-0.39, 0.29) is 5.75 Å². The molecule has 0 unspecified atom stereocenters. The van der Waals surface area contributed by atoms with Crippen LogP contribution >= 0.6 is 27.7 Å². The molecule has 15 heavy (non-hydrogen) atoms. The first-order valence-corrected chi connectivity index (χ1v) is 5.88. The van der Waals surface area contributed by atoms with Gasteiger partial charge in [-0.05, 0) is 24.0 Å². The van der Waals surface area contributed by atoms with Crippen molar-refractivity contribution in [3.8, 4) is 5.75 Å². The van der Waals surface area contributed by atoms with Crippen molar-refractivity contribution in [1.82, 2.24) is 0 Å². The van der Waals surface area contributed by atoms with E-state index in [2.05, 4.69) is 20.7 Å². The third-order valence-electron chi connectivity index (χ3n) is 1.43. The van der Waals surface area contributed by atoms with E-state index in [0.717, 1.165) is 4.47 Å². The third-order valence-corrected chi connectivity index (χ3v) is 2.84. The molecule has 6 heteroatoms. The molecule has 1 nitrogen and oxygen atoms in total. The van der Waals surface area contributed by atoms with Gasteiger partial charge in [-0.2, -0.15) is 0 Å². The van der Waals surface area contributed by atoms with Gasteiger partial charge in [0.2, 0.25) is 0 Å². The highest BCUT2D eigenvalue weighted by molar-refractivity contribution is 9.10. The molecule has 0 aromatic heterocycles. The Balaban J connectivity index is 2.95. The minimum absolute atomic E-state index is 0.155. The highest BCUT2D eigenvalue weighted by Crippen LogP contribution is 2.35. The highest BCUT2D eigenvalue weighted by atomic mass is 79.9. The van der Waals surface area contributed by atoms with E-state index in [9.17, 15) is 13.2 Å². The number of ether oxygens (including phenoxy) is 1. The molecule has 0 aliphatic heterocycles. The molecule has 0 radical (unpaired) electrons. The maximum atomic E-state index is 12.0. The lowest BCUT2D eigenvalue weighted by molar-refractivity contribution is -0.275. The van der Waals surface area contributed by atoms with Gasteiger partial charge in [0.05, 0.1) is 4.90 Å². The van der Waals surface area contributed by atoms with Crippen molar-refractivity contribution in [2.45, 2.75) is 18.2 Å². The molecule has 84 valence electrons. The van der Waals surface area contributed by atoms with Crippen LogP contribution in [-0.4, -0.2) is 12.1 Å². The fraction of sp³-hybridized carbons (Fsp3) is 0.333. The Kier molecular flexibility index (Phi) is 4.33. The maximum absolute atomic E-state index is 12.0. The Labute approximate surface area is 98.1 Å². The van der Waals surface area contributed by atoms with Crippen LogP contribution in [0.2, 0.25) is 0 Å². The van der Waals surface area contributed by atoms with Crippen molar-refractivity contribution in [3.63, 3.8) is 0 Å². The highest BCUT2D eigenvalue weighted by Gasteiger charge is 2.32. The second kappa shape index (κ2) is 5.12. The van der Waals surface area contributed by atoms with E-state index in [0.29, 0.717) is 10.6 Å². The van der Waals surface area contributed by atoms with Crippen LogP contribution < -0.4 is 4.74 Å². The summed E-state index contributed by atoms with van der Waals surface area (Å²) in [5.41, 5.74) is 0. The van der Waals surface area contributed by atoms with E-state index in [1.54, 1.807) is 6.07 Å². The molecule has 0 atom stereocenters. The Morgan fingerprint density at radius 3 is 2.60 bits per heavy atom. The molecule has 0 spiro atoms. The average Bonchev–Trinajstić information content (AvgIpc) is 2.08. The second-order valence-corrected chi connectivity index (χ2v) is 4.79. The molecule has 0 amide bonds. The van der Waals surface area contributed by atoms with Crippen LogP contribution in [0.5, 0.6) is 5.75 Å². The maximum Gasteiger partial charge on any atom is 0.573 e. The number of thioether (sulfide) groups is 1. The van der Waals surface area contributed by atoms with Crippen LogP contribution in [-0.2, 0) is 0 Å². The zero-order valence-corrected chi connectivity index (χ0v) is 10.2. The number of rotatable bonds is 3. The molecule has 0 N–H and O–H groups in total. The Hall–Kier alpha value is -0.360. The molecule has 0 saturated heterocycles. The summed E-state index contributed by atoms with van der Waals surface area (Å²) in [6.07, 6.45) is -4.64. The lowest BCUT2D eigenvalue weighted by Gasteiger charge is -2.12. The van der Waals surface area contributed by atoms with Crippen molar-refractivity contribution < 1.29 is 17.9 Å². The minimum atomic E-state index is -4.64. The van der Waals surface area contributed by atoms with Crippen molar-refractivity contribution in [3.05, 3.63) is 22.7 Å². The Morgan fingerprint density at radius 1 is 1.40 bits per heavy atom. The van der Waals surface area contributed by atoms with Crippen molar-refractivity contribution in [2.24, 2.45) is 0 Å². The Morgan fingerprint density at radius 2 is 2.07 bits per heavy atom. The minimum Gasteiger partial charge on any atom is -0.405 e. The summed E-state index contributed by atoms with van der Waals surface area (Å²) in [5, 5.41) is 0. The molecule has 0 aliphatic carbocycles. The quantitative estimate of drug-likeness (QED) is 0.762. The summed E-state index contributed by atoms with van der Waals surface area (Å²) in [6.45, 7) is 1.86. The molecule has 0 aliphatic rings. The Bertz CT molecular complexity index is 341. The average molecular weight is 301 g/mol. The molecular weight excluding hydrogens is 293 g/mol. The molecule has 1 rings (SSSR count). The first kappa shape index (κ1) is 12.7. The number of halogens is 4. The standard InChI is InChI=1S/C9H8BrF3OS/c1-2-15-8-5-6(10)3-4-7(8)14-9(11,12)13/h3-5H,2H2,1H3. The number of benzene rings is 1. The molecule has 1 aromatic rings. The van der Waals surface area contributed by atoms with Gasteiger partial charge in [-0.3, -0.25) is 0 Å². The fourth-order valence-corrected chi connectivity index (χ4v) is 2.25. The van der Waals surface area contributed by atoms with Crippen LogP contribution in [0.15, 0.2) is 27.6 Å². The molecule has 0 fully saturated rings. The van der Waals surface area contributed by atoms with E-state index >= 15 is 0 Å². The lowest BCUT2D eigenvalue weighted by Crippen LogP contribution is -2.17. The summed E-state index contributed by atoms with van der Waals surface area (Å²) < 4.78 is 40.7. The second-order valence-electron chi connectivity index (χ2n) is 2.57. The van der Waals surface area contributed by atoms with Gasteiger partial charge in [0.25, 0.3) is 0 Å². The predicted molar refractivity (Wildman–Crippen MR) is 57.2 cm³/mol. The largest absolute Gasteiger partial charge is 0.573 e. The molecule has 0 heterocycles. The summed E-state index contributed by atoms with van der Waals surface area (Å²) in [7, 11) is 0. The van der Waals surface area contributed by atoms with Gasteiger partial charge in [-0.25, -0.2) is 0 Å². The van der Waals surface area contributed by atoms with Gasteiger partial charge < -0.3 is 4.74 Å². The van der Waals surface area contributed by atoms with Crippen molar-refractivity contribution in [2.75, 3.05) is 5.75 Å². The first-order valence-electron chi connectivity index (χ1n) is 4.10. The van der Waals surface area contributed by atoms with Crippen LogP contribution in [0.1, 0.15) is 6.92 Å². The van der Waals surface area contributed by atoms with E-state index in [1.165, 1.54) is 23.9 Å². The summed E-state index contributed by atoms with van der Waals surface area (Å²) >= 11 is 4.50. The molecular formula is C9H8BrF3OS. The van der Waals surface area contributed by atoms with Gasteiger partial charge >= 0.3 is 6.36 Å². The predicted octanol–water partition coefficient (Wildman–Crippen LogP) is 4.46. The zero-order valence-electron chi connectivity index (χ0n) is 7.77. The van der Waals surface area contributed by atoms with E-state index in [1.807, 2.05) is 6.92 Å². The van der Waals surface area contributed by atoms with Crippen molar-refractivity contribution >= 4 is 27.7 Å². The summed E-state index contributed by atoms with van der Waals surface area (Å²) in [5.74, 6) is 0.530. The third kappa shape index (κ3) is 4.34. The molecule has 0 saturated carbocycles. The van der Waals surface area contributed by atoms with Crippen LogP contribution in [0.25, 0.3) is 0 Å². The van der Waals surface area contributed by atoms with Gasteiger partial charge in [-0.1, -0.05) is 22.9 Å². The normalized spacial score (nSPS) is 11.5. The van der Waals surface area contributed by atoms with Gasteiger partial charge in [0, 0.05) is 4.47 Å². The van der Waals surface area contributed by atoms with Crippen molar-refractivity contribution in [1.29, 1.82) is 0 Å². The monoisotopic (exact) mass is 300 g/mol. The van der Waals surface area contributed by atoms with Gasteiger partial charge in [0.1, 0.15) is 5.75 Å². The van der Waals surface area contributed by atoms with Gasteiger partial charge in [0.15, 0.2) is 0 Å². The zero-order chi connectivity index (χ0) is 11.5. The SMILES string of the molecule is CCSc1cc(Br)ccc1OC(F)(F)F. The number of hydrogen-bond acceptors (Lipinski definition) is 2.